The monoisotopic (exact) mass is 235 g/mol. The number of rotatable bonds is 3. The van der Waals surface area contributed by atoms with Gasteiger partial charge in [-0.15, -0.1) is 0 Å². The first-order valence-electron chi connectivity index (χ1n) is 7.15. The van der Waals surface area contributed by atoms with E-state index in [0.717, 1.165) is 25.6 Å². The van der Waals surface area contributed by atoms with Crippen LogP contribution in [0.3, 0.4) is 0 Å². The molecule has 0 amide bonds. The second kappa shape index (κ2) is 6.37. The van der Waals surface area contributed by atoms with Gasteiger partial charge in [-0.2, -0.15) is 5.26 Å². The highest BCUT2D eigenvalue weighted by Gasteiger charge is 2.24. The molecule has 2 heterocycles. The van der Waals surface area contributed by atoms with Crippen molar-refractivity contribution in [3.8, 4) is 6.07 Å². The van der Waals surface area contributed by atoms with Crippen LogP contribution in [0.5, 0.6) is 0 Å². The highest BCUT2D eigenvalue weighted by molar-refractivity contribution is 4.94. The third kappa shape index (κ3) is 3.43. The second-order valence-electron chi connectivity index (χ2n) is 5.60. The predicted molar refractivity (Wildman–Crippen MR) is 69.7 cm³/mol. The van der Waals surface area contributed by atoms with Crippen molar-refractivity contribution >= 4 is 0 Å². The number of hydrogen-bond donors (Lipinski definition) is 0. The standard InChI is InChI=1S/C14H25N3/c1-16-9-4-2-6-13(16)8-11-17-10-5-3-7-14(17)12-15/h13-14H,2-11H2,1H3. The number of nitrogens with zero attached hydrogens (tertiary/aromatic N) is 3. The molecule has 0 aromatic carbocycles. The zero-order valence-electron chi connectivity index (χ0n) is 11.1. The quantitative estimate of drug-likeness (QED) is 0.751. The zero-order valence-corrected chi connectivity index (χ0v) is 11.1. The molecule has 3 heteroatoms. The van der Waals surface area contributed by atoms with Gasteiger partial charge in [0.25, 0.3) is 0 Å². The van der Waals surface area contributed by atoms with Crippen LogP contribution in [0.25, 0.3) is 0 Å². The lowest BCUT2D eigenvalue weighted by Gasteiger charge is -2.36. The molecule has 17 heavy (non-hydrogen) atoms. The van der Waals surface area contributed by atoms with Gasteiger partial charge in [0, 0.05) is 12.6 Å². The molecular weight excluding hydrogens is 210 g/mol. The van der Waals surface area contributed by atoms with Crippen LogP contribution in [-0.2, 0) is 0 Å². The molecular formula is C14H25N3. The van der Waals surface area contributed by atoms with E-state index in [4.69, 9.17) is 5.26 Å². The van der Waals surface area contributed by atoms with Crippen LogP contribution in [0, 0.1) is 11.3 Å². The Kier molecular flexibility index (Phi) is 4.82. The van der Waals surface area contributed by atoms with Gasteiger partial charge in [0.2, 0.25) is 0 Å². The van der Waals surface area contributed by atoms with Crippen LogP contribution < -0.4 is 0 Å². The van der Waals surface area contributed by atoms with Crippen molar-refractivity contribution in [2.75, 3.05) is 26.7 Å². The van der Waals surface area contributed by atoms with Gasteiger partial charge in [-0.1, -0.05) is 6.42 Å². The molecule has 0 bridgehead atoms. The van der Waals surface area contributed by atoms with Crippen LogP contribution in [-0.4, -0.2) is 48.6 Å². The van der Waals surface area contributed by atoms with Gasteiger partial charge < -0.3 is 4.90 Å². The Morgan fingerprint density at radius 2 is 1.88 bits per heavy atom. The molecule has 2 atom stereocenters. The van der Waals surface area contributed by atoms with Crippen LogP contribution in [0.4, 0.5) is 0 Å². The van der Waals surface area contributed by atoms with E-state index in [1.165, 1.54) is 45.1 Å². The maximum absolute atomic E-state index is 9.15. The normalized spacial score (nSPS) is 32.2. The van der Waals surface area contributed by atoms with Crippen molar-refractivity contribution in [2.24, 2.45) is 0 Å². The Morgan fingerprint density at radius 1 is 1.12 bits per heavy atom. The Balaban J connectivity index is 1.78. The third-order valence-corrected chi connectivity index (χ3v) is 4.43. The lowest BCUT2D eigenvalue weighted by Crippen LogP contribution is -2.43. The summed E-state index contributed by atoms with van der Waals surface area (Å²) in [7, 11) is 2.25. The number of nitriles is 1. The summed E-state index contributed by atoms with van der Waals surface area (Å²) in [5, 5.41) is 9.15. The van der Waals surface area contributed by atoms with Gasteiger partial charge in [-0.3, -0.25) is 4.90 Å². The molecule has 0 aliphatic carbocycles. The summed E-state index contributed by atoms with van der Waals surface area (Å²) < 4.78 is 0. The molecule has 0 radical (unpaired) electrons. The zero-order chi connectivity index (χ0) is 12.1. The molecule has 3 nitrogen and oxygen atoms in total. The molecule has 96 valence electrons. The average molecular weight is 235 g/mol. The summed E-state index contributed by atoms with van der Waals surface area (Å²) in [4.78, 5) is 4.92. The number of hydrogen-bond acceptors (Lipinski definition) is 3. The summed E-state index contributed by atoms with van der Waals surface area (Å²) in [5.74, 6) is 0. The van der Waals surface area contributed by atoms with Crippen molar-refractivity contribution < 1.29 is 0 Å². The molecule has 0 spiro atoms. The fraction of sp³-hybridized carbons (Fsp3) is 0.929. The summed E-state index contributed by atoms with van der Waals surface area (Å²) in [5.41, 5.74) is 0. The van der Waals surface area contributed by atoms with E-state index in [-0.39, 0.29) is 6.04 Å². The number of piperidine rings is 2. The third-order valence-electron chi connectivity index (χ3n) is 4.43. The highest BCUT2D eigenvalue weighted by atomic mass is 15.2. The average Bonchev–Trinajstić information content (AvgIpc) is 2.38. The Bertz CT molecular complexity index is 271. The van der Waals surface area contributed by atoms with Gasteiger partial charge in [0.15, 0.2) is 0 Å². The lowest BCUT2D eigenvalue weighted by atomic mass is 9.98. The van der Waals surface area contributed by atoms with Gasteiger partial charge >= 0.3 is 0 Å². The molecule has 0 saturated carbocycles. The first kappa shape index (κ1) is 12.9. The maximum Gasteiger partial charge on any atom is 0.0977 e. The van der Waals surface area contributed by atoms with E-state index in [1.54, 1.807) is 0 Å². The maximum atomic E-state index is 9.15. The first-order valence-corrected chi connectivity index (χ1v) is 7.15. The summed E-state index contributed by atoms with van der Waals surface area (Å²) in [6.07, 6.45) is 8.93. The van der Waals surface area contributed by atoms with Crippen LogP contribution in [0.1, 0.15) is 44.9 Å². The first-order chi connectivity index (χ1) is 8.31. The Morgan fingerprint density at radius 3 is 2.65 bits per heavy atom. The molecule has 0 aromatic heterocycles. The molecule has 0 aromatic rings. The molecule has 2 fully saturated rings. The summed E-state index contributed by atoms with van der Waals surface area (Å²) >= 11 is 0. The predicted octanol–water partition coefficient (Wildman–Crippen LogP) is 2.24. The highest BCUT2D eigenvalue weighted by Crippen LogP contribution is 2.21. The molecule has 2 saturated heterocycles. The van der Waals surface area contributed by atoms with Gasteiger partial charge in [-0.25, -0.2) is 0 Å². The fourth-order valence-corrected chi connectivity index (χ4v) is 3.23. The van der Waals surface area contributed by atoms with E-state index in [1.807, 2.05) is 0 Å². The van der Waals surface area contributed by atoms with E-state index in [0.29, 0.717) is 0 Å². The van der Waals surface area contributed by atoms with E-state index in [9.17, 15) is 0 Å². The topological polar surface area (TPSA) is 30.3 Å². The molecule has 2 rings (SSSR count). The second-order valence-corrected chi connectivity index (χ2v) is 5.60. The van der Waals surface area contributed by atoms with Crippen LogP contribution in [0.15, 0.2) is 0 Å². The molecule has 2 unspecified atom stereocenters. The Labute approximate surface area is 105 Å². The van der Waals surface area contributed by atoms with Crippen LogP contribution in [0.2, 0.25) is 0 Å². The van der Waals surface area contributed by atoms with E-state index < -0.39 is 0 Å². The van der Waals surface area contributed by atoms with Gasteiger partial charge in [0.05, 0.1) is 12.1 Å². The number of likely N-dealkylation sites (tertiary alicyclic amines) is 2. The SMILES string of the molecule is CN1CCCCC1CCN1CCCCC1C#N. The van der Waals surface area contributed by atoms with Crippen molar-refractivity contribution in [3.05, 3.63) is 0 Å². The minimum atomic E-state index is 0.192. The minimum absolute atomic E-state index is 0.192. The summed E-state index contributed by atoms with van der Waals surface area (Å²) in [6.45, 7) is 3.51. The molecule has 0 N–H and O–H groups in total. The van der Waals surface area contributed by atoms with Crippen molar-refractivity contribution in [1.29, 1.82) is 5.26 Å². The minimum Gasteiger partial charge on any atom is -0.303 e. The largest absolute Gasteiger partial charge is 0.303 e. The fourth-order valence-electron chi connectivity index (χ4n) is 3.23. The van der Waals surface area contributed by atoms with Crippen LogP contribution >= 0.6 is 0 Å². The van der Waals surface area contributed by atoms with Gasteiger partial charge in [0.1, 0.15) is 0 Å². The molecule has 2 aliphatic rings. The van der Waals surface area contributed by atoms with Gasteiger partial charge in [-0.05, 0) is 58.7 Å². The van der Waals surface area contributed by atoms with Crippen molar-refractivity contribution in [1.82, 2.24) is 9.80 Å². The Hall–Kier alpha value is -0.590. The van der Waals surface area contributed by atoms with E-state index in [2.05, 4.69) is 22.9 Å². The van der Waals surface area contributed by atoms with E-state index >= 15 is 0 Å². The van der Waals surface area contributed by atoms with Crippen molar-refractivity contribution in [2.45, 2.75) is 57.0 Å². The van der Waals surface area contributed by atoms with Crippen molar-refractivity contribution in [3.63, 3.8) is 0 Å². The smallest absolute Gasteiger partial charge is 0.0977 e. The molecule has 2 aliphatic heterocycles. The summed E-state index contributed by atoms with van der Waals surface area (Å²) in [6, 6.07) is 3.41. The lowest BCUT2D eigenvalue weighted by molar-refractivity contribution is 0.130.